The van der Waals surface area contributed by atoms with Crippen LogP contribution in [0.2, 0.25) is 0 Å². The number of rotatable bonds is 6. The van der Waals surface area contributed by atoms with Gasteiger partial charge in [0.2, 0.25) is 0 Å². The van der Waals surface area contributed by atoms with E-state index in [1.54, 1.807) is 7.11 Å². The van der Waals surface area contributed by atoms with E-state index in [1.807, 2.05) is 6.07 Å². The third-order valence-electron chi connectivity index (χ3n) is 3.31. The summed E-state index contributed by atoms with van der Waals surface area (Å²) in [4.78, 5) is 0. The molecule has 1 aromatic carbocycles. The minimum Gasteiger partial charge on any atom is -0.497 e. The maximum absolute atomic E-state index is 9.12. The van der Waals surface area contributed by atoms with Crippen LogP contribution in [0.3, 0.4) is 0 Å². The van der Waals surface area contributed by atoms with Crippen LogP contribution in [0.15, 0.2) is 24.4 Å². The Morgan fingerprint density at radius 1 is 1.33 bits per heavy atom. The van der Waals surface area contributed by atoms with Gasteiger partial charge >= 0.3 is 0 Å². The molecule has 0 aliphatic heterocycles. The highest BCUT2D eigenvalue weighted by molar-refractivity contribution is 5.85. The van der Waals surface area contributed by atoms with Gasteiger partial charge in [0.1, 0.15) is 5.75 Å². The Kier molecular flexibility index (Phi) is 4.26. The SMILES string of the molecule is CCCCc1cn(CCO)c2ccc(OC)cc12. The van der Waals surface area contributed by atoms with E-state index in [9.17, 15) is 0 Å². The van der Waals surface area contributed by atoms with Gasteiger partial charge in [-0.15, -0.1) is 0 Å². The molecule has 18 heavy (non-hydrogen) atoms. The molecule has 3 nitrogen and oxygen atoms in total. The van der Waals surface area contributed by atoms with Crippen molar-refractivity contribution in [3.8, 4) is 5.75 Å². The zero-order chi connectivity index (χ0) is 13.0. The average Bonchev–Trinajstić information content (AvgIpc) is 2.74. The summed E-state index contributed by atoms with van der Waals surface area (Å²) in [5.74, 6) is 0.891. The summed E-state index contributed by atoms with van der Waals surface area (Å²) < 4.78 is 7.42. The van der Waals surface area contributed by atoms with Crippen LogP contribution in [0.5, 0.6) is 5.75 Å². The van der Waals surface area contributed by atoms with Crippen molar-refractivity contribution < 1.29 is 9.84 Å². The Bertz CT molecular complexity index is 516. The molecule has 1 heterocycles. The van der Waals surface area contributed by atoms with Crippen LogP contribution in [0.1, 0.15) is 25.3 Å². The van der Waals surface area contributed by atoms with Crippen LogP contribution in [0.4, 0.5) is 0 Å². The molecule has 0 aliphatic carbocycles. The summed E-state index contributed by atoms with van der Waals surface area (Å²) in [5, 5.41) is 10.4. The number of hydrogen-bond acceptors (Lipinski definition) is 2. The fraction of sp³-hybridized carbons (Fsp3) is 0.467. The monoisotopic (exact) mass is 247 g/mol. The third-order valence-corrected chi connectivity index (χ3v) is 3.31. The summed E-state index contributed by atoms with van der Waals surface area (Å²) in [6.45, 7) is 3.02. The molecule has 0 atom stereocenters. The first-order valence-corrected chi connectivity index (χ1v) is 6.56. The summed E-state index contributed by atoms with van der Waals surface area (Å²) in [5.41, 5.74) is 2.52. The molecular weight excluding hydrogens is 226 g/mol. The predicted molar refractivity (Wildman–Crippen MR) is 74.2 cm³/mol. The number of fused-ring (bicyclic) bond motifs is 1. The fourth-order valence-corrected chi connectivity index (χ4v) is 2.34. The lowest BCUT2D eigenvalue weighted by Crippen LogP contribution is -1.99. The Morgan fingerprint density at radius 2 is 2.17 bits per heavy atom. The van der Waals surface area contributed by atoms with Crippen LogP contribution in [-0.4, -0.2) is 23.4 Å². The number of aromatic nitrogens is 1. The lowest BCUT2D eigenvalue weighted by Gasteiger charge is -2.03. The van der Waals surface area contributed by atoms with Gasteiger partial charge in [-0.1, -0.05) is 13.3 Å². The zero-order valence-corrected chi connectivity index (χ0v) is 11.1. The molecular formula is C15H21NO2. The Balaban J connectivity index is 2.46. The van der Waals surface area contributed by atoms with Gasteiger partial charge in [0.25, 0.3) is 0 Å². The van der Waals surface area contributed by atoms with Crippen LogP contribution in [-0.2, 0) is 13.0 Å². The number of methoxy groups -OCH3 is 1. The van der Waals surface area contributed by atoms with E-state index < -0.39 is 0 Å². The minimum absolute atomic E-state index is 0.170. The molecule has 0 bridgehead atoms. The molecule has 0 spiro atoms. The quantitative estimate of drug-likeness (QED) is 0.851. The van der Waals surface area contributed by atoms with Crippen LogP contribution in [0.25, 0.3) is 10.9 Å². The maximum atomic E-state index is 9.12. The highest BCUT2D eigenvalue weighted by Gasteiger charge is 2.09. The molecule has 2 rings (SSSR count). The largest absolute Gasteiger partial charge is 0.497 e. The summed E-state index contributed by atoms with van der Waals surface area (Å²) in [6.07, 6.45) is 5.63. The predicted octanol–water partition coefficient (Wildman–Crippen LogP) is 2.98. The minimum atomic E-state index is 0.170. The average molecular weight is 247 g/mol. The lowest BCUT2D eigenvalue weighted by molar-refractivity contribution is 0.278. The first-order chi connectivity index (χ1) is 8.80. The van der Waals surface area contributed by atoms with Gasteiger partial charge in [0.15, 0.2) is 0 Å². The van der Waals surface area contributed by atoms with E-state index in [-0.39, 0.29) is 6.61 Å². The third kappa shape index (κ3) is 2.51. The van der Waals surface area contributed by atoms with Crippen molar-refractivity contribution in [3.05, 3.63) is 30.0 Å². The number of hydrogen-bond donors (Lipinski definition) is 1. The Morgan fingerprint density at radius 3 is 2.83 bits per heavy atom. The maximum Gasteiger partial charge on any atom is 0.119 e. The van der Waals surface area contributed by atoms with E-state index in [0.717, 1.165) is 12.2 Å². The Labute approximate surface area is 108 Å². The molecule has 0 saturated heterocycles. The van der Waals surface area contributed by atoms with Gasteiger partial charge < -0.3 is 14.4 Å². The van der Waals surface area contributed by atoms with Crippen LogP contribution >= 0.6 is 0 Å². The number of aliphatic hydroxyl groups is 1. The molecule has 0 fully saturated rings. The standard InChI is InChI=1S/C15H21NO2/c1-3-4-5-12-11-16(8-9-17)15-7-6-13(18-2)10-14(12)15/h6-7,10-11,17H,3-5,8-9H2,1-2H3. The van der Waals surface area contributed by atoms with Gasteiger partial charge in [0.05, 0.1) is 13.7 Å². The molecule has 0 amide bonds. The second-order valence-electron chi connectivity index (χ2n) is 4.56. The van der Waals surface area contributed by atoms with Crippen LogP contribution in [0, 0.1) is 0 Å². The van der Waals surface area contributed by atoms with Crippen molar-refractivity contribution in [1.29, 1.82) is 0 Å². The number of benzene rings is 1. The topological polar surface area (TPSA) is 34.4 Å². The van der Waals surface area contributed by atoms with Gasteiger partial charge in [0, 0.05) is 23.6 Å². The molecule has 2 aromatic rings. The van der Waals surface area contributed by atoms with Crippen molar-refractivity contribution in [1.82, 2.24) is 4.57 Å². The van der Waals surface area contributed by atoms with Crippen molar-refractivity contribution in [2.45, 2.75) is 32.7 Å². The van der Waals surface area contributed by atoms with E-state index in [2.05, 4.69) is 29.8 Å². The zero-order valence-electron chi connectivity index (χ0n) is 11.1. The van der Waals surface area contributed by atoms with E-state index >= 15 is 0 Å². The van der Waals surface area contributed by atoms with Crippen molar-refractivity contribution in [2.24, 2.45) is 0 Å². The normalized spacial score (nSPS) is 11.1. The number of unbranched alkanes of at least 4 members (excludes halogenated alkanes) is 1. The molecule has 98 valence electrons. The smallest absolute Gasteiger partial charge is 0.119 e. The molecule has 1 N–H and O–H groups in total. The summed E-state index contributed by atoms with van der Waals surface area (Å²) >= 11 is 0. The van der Waals surface area contributed by atoms with E-state index in [1.165, 1.54) is 29.3 Å². The van der Waals surface area contributed by atoms with Crippen molar-refractivity contribution in [2.75, 3.05) is 13.7 Å². The van der Waals surface area contributed by atoms with Crippen molar-refractivity contribution in [3.63, 3.8) is 0 Å². The van der Waals surface area contributed by atoms with E-state index in [4.69, 9.17) is 9.84 Å². The first-order valence-electron chi connectivity index (χ1n) is 6.56. The number of aliphatic hydroxyl groups excluding tert-OH is 1. The number of aryl methyl sites for hydroxylation is 1. The Hall–Kier alpha value is -1.48. The highest BCUT2D eigenvalue weighted by atomic mass is 16.5. The molecule has 0 aliphatic rings. The van der Waals surface area contributed by atoms with Gasteiger partial charge in [-0.25, -0.2) is 0 Å². The second kappa shape index (κ2) is 5.91. The molecule has 0 saturated carbocycles. The summed E-state index contributed by atoms with van der Waals surface area (Å²) in [6, 6.07) is 6.13. The highest BCUT2D eigenvalue weighted by Crippen LogP contribution is 2.27. The van der Waals surface area contributed by atoms with E-state index in [0.29, 0.717) is 6.54 Å². The second-order valence-corrected chi connectivity index (χ2v) is 4.56. The van der Waals surface area contributed by atoms with Gasteiger partial charge in [-0.2, -0.15) is 0 Å². The molecule has 0 unspecified atom stereocenters. The van der Waals surface area contributed by atoms with Crippen molar-refractivity contribution >= 4 is 10.9 Å². The lowest BCUT2D eigenvalue weighted by atomic mass is 10.1. The number of ether oxygens (including phenoxy) is 1. The molecule has 0 radical (unpaired) electrons. The van der Waals surface area contributed by atoms with Crippen LogP contribution < -0.4 is 4.74 Å². The van der Waals surface area contributed by atoms with Gasteiger partial charge in [-0.3, -0.25) is 0 Å². The van der Waals surface area contributed by atoms with Gasteiger partial charge in [-0.05, 0) is 36.6 Å². The fourth-order valence-electron chi connectivity index (χ4n) is 2.34. The molecule has 3 heteroatoms. The summed E-state index contributed by atoms with van der Waals surface area (Å²) in [7, 11) is 1.69. The number of nitrogens with zero attached hydrogens (tertiary/aromatic N) is 1. The first kappa shape index (κ1) is 13.0. The molecule has 1 aromatic heterocycles.